The molecular formula is C15H14BrNOS. The van der Waals surface area contributed by atoms with Crippen LogP contribution in [-0.4, -0.2) is 5.91 Å². The first kappa shape index (κ1) is 12.9. The van der Waals surface area contributed by atoms with E-state index < -0.39 is 0 Å². The predicted octanol–water partition coefficient (Wildman–Crippen LogP) is 4.56. The lowest BCUT2D eigenvalue weighted by atomic mass is 10.2. The Hall–Kier alpha value is -1.13. The number of fused-ring (bicyclic) bond motifs is 1. The normalized spacial score (nSPS) is 13.4. The Bertz CT molecular complexity index is 606. The fraction of sp³-hybridized carbons (Fsp3) is 0.267. The molecule has 98 valence electrons. The van der Waals surface area contributed by atoms with Crippen LogP contribution in [-0.2, 0) is 12.8 Å². The van der Waals surface area contributed by atoms with Crippen molar-refractivity contribution in [2.75, 3.05) is 5.32 Å². The van der Waals surface area contributed by atoms with Gasteiger partial charge in [-0.3, -0.25) is 4.79 Å². The molecule has 1 aliphatic rings. The monoisotopic (exact) mass is 335 g/mol. The van der Waals surface area contributed by atoms with Crippen LogP contribution >= 0.6 is 27.3 Å². The molecule has 0 radical (unpaired) electrons. The first-order chi connectivity index (χ1) is 9.11. The maximum absolute atomic E-state index is 12.2. The number of aryl methyl sites for hydroxylation is 3. The van der Waals surface area contributed by atoms with Gasteiger partial charge in [0, 0.05) is 15.0 Å². The van der Waals surface area contributed by atoms with Crippen LogP contribution in [0.5, 0.6) is 0 Å². The summed E-state index contributed by atoms with van der Waals surface area (Å²) in [4.78, 5) is 14.4. The summed E-state index contributed by atoms with van der Waals surface area (Å²) in [6.45, 7) is 2.01. The predicted molar refractivity (Wildman–Crippen MR) is 83.2 cm³/mol. The van der Waals surface area contributed by atoms with Gasteiger partial charge in [0.05, 0.1) is 4.88 Å². The fourth-order valence-electron chi connectivity index (χ4n) is 2.44. The van der Waals surface area contributed by atoms with Gasteiger partial charge < -0.3 is 5.32 Å². The number of anilines is 1. The van der Waals surface area contributed by atoms with Crippen molar-refractivity contribution in [1.82, 2.24) is 0 Å². The Balaban J connectivity index is 1.80. The van der Waals surface area contributed by atoms with Gasteiger partial charge in [-0.1, -0.05) is 15.9 Å². The van der Waals surface area contributed by atoms with Crippen LogP contribution in [0.25, 0.3) is 0 Å². The highest BCUT2D eigenvalue weighted by molar-refractivity contribution is 9.10. The molecule has 0 saturated heterocycles. The molecule has 0 fully saturated rings. The van der Waals surface area contributed by atoms with Crippen molar-refractivity contribution in [2.24, 2.45) is 0 Å². The Morgan fingerprint density at radius 2 is 2.11 bits per heavy atom. The van der Waals surface area contributed by atoms with Crippen molar-refractivity contribution < 1.29 is 4.79 Å². The maximum Gasteiger partial charge on any atom is 0.265 e. The van der Waals surface area contributed by atoms with Gasteiger partial charge in [-0.05, 0) is 61.6 Å². The molecule has 19 heavy (non-hydrogen) atoms. The quantitative estimate of drug-likeness (QED) is 0.856. The van der Waals surface area contributed by atoms with Gasteiger partial charge in [0.1, 0.15) is 0 Å². The third-order valence-corrected chi connectivity index (χ3v) is 4.96. The van der Waals surface area contributed by atoms with E-state index in [2.05, 4.69) is 21.2 Å². The topological polar surface area (TPSA) is 29.1 Å². The van der Waals surface area contributed by atoms with Crippen molar-refractivity contribution in [1.29, 1.82) is 0 Å². The maximum atomic E-state index is 12.2. The zero-order valence-electron chi connectivity index (χ0n) is 10.6. The molecule has 4 heteroatoms. The van der Waals surface area contributed by atoms with Crippen LogP contribution in [0, 0.1) is 6.92 Å². The molecule has 2 aromatic rings. The Morgan fingerprint density at radius 3 is 2.84 bits per heavy atom. The number of rotatable bonds is 2. The lowest BCUT2D eigenvalue weighted by Crippen LogP contribution is -2.10. The summed E-state index contributed by atoms with van der Waals surface area (Å²) < 4.78 is 0.983. The molecule has 0 unspecified atom stereocenters. The lowest BCUT2D eigenvalue weighted by Gasteiger charge is -2.05. The van der Waals surface area contributed by atoms with Crippen molar-refractivity contribution in [2.45, 2.75) is 26.2 Å². The number of hydrogen-bond acceptors (Lipinski definition) is 2. The van der Waals surface area contributed by atoms with Crippen LogP contribution in [0.2, 0.25) is 0 Å². The van der Waals surface area contributed by atoms with Crippen LogP contribution < -0.4 is 5.32 Å². The van der Waals surface area contributed by atoms with E-state index in [9.17, 15) is 4.79 Å². The summed E-state index contributed by atoms with van der Waals surface area (Å²) >= 11 is 5.08. The second-order valence-electron chi connectivity index (χ2n) is 4.88. The first-order valence-corrected chi connectivity index (χ1v) is 7.93. The molecule has 0 atom stereocenters. The Morgan fingerprint density at radius 1 is 1.26 bits per heavy atom. The molecular weight excluding hydrogens is 322 g/mol. The van der Waals surface area contributed by atoms with Gasteiger partial charge in [-0.15, -0.1) is 11.3 Å². The van der Waals surface area contributed by atoms with Crippen molar-refractivity contribution >= 4 is 38.9 Å². The summed E-state index contributed by atoms with van der Waals surface area (Å²) in [5.74, 6) is -0.00287. The molecule has 0 bridgehead atoms. The number of carbonyl (C=O) groups is 1. The number of thiophene rings is 1. The number of halogens is 1. The minimum absolute atomic E-state index is 0.00287. The van der Waals surface area contributed by atoms with E-state index in [0.717, 1.165) is 33.4 Å². The van der Waals surface area contributed by atoms with Crippen LogP contribution in [0.15, 0.2) is 28.7 Å². The molecule has 2 nitrogen and oxygen atoms in total. The number of benzene rings is 1. The standard InChI is InChI=1S/C15H14BrNOS/c1-9-5-11(16)8-12(6-9)17-15(18)14-7-10-3-2-4-13(10)19-14/h5-8H,2-4H2,1H3,(H,17,18). The molecule has 1 N–H and O–H groups in total. The molecule has 1 aliphatic carbocycles. The summed E-state index contributed by atoms with van der Waals surface area (Å²) in [5.41, 5.74) is 3.32. The SMILES string of the molecule is Cc1cc(Br)cc(NC(=O)c2cc3c(s2)CCC3)c1. The fourth-order valence-corrected chi connectivity index (χ4v) is 4.20. The van der Waals surface area contributed by atoms with E-state index in [-0.39, 0.29) is 5.91 Å². The van der Waals surface area contributed by atoms with Crippen molar-refractivity contribution in [3.8, 4) is 0 Å². The van der Waals surface area contributed by atoms with Gasteiger partial charge in [0.15, 0.2) is 0 Å². The number of nitrogens with one attached hydrogen (secondary N) is 1. The minimum Gasteiger partial charge on any atom is -0.321 e. The Kier molecular flexibility index (Phi) is 3.46. The minimum atomic E-state index is -0.00287. The number of carbonyl (C=O) groups excluding carboxylic acids is 1. The molecule has 1 aromatic heterocycles. The summed E-state index contributed by atoms with van der Waals surface area (Å²) in [6, 6.07) is 7.97. The smallest absolute Gasteiger partial charge is 0.265 e. The molecule has 1 heterocycles. The van der Waals surface area contributed by atoms with E-state index in [1.165, 1.54) is 16.9 Å². The second-order valence-corrected chi connectivity index (χ2v) is 6.94. The lowest BCUT2D eigenvalue weighted by molar-refractivity contribution is 0.103. The van der Waals surface area contributed by atoms with Gasteiger partial charge in [0.25, 0.3) is 5.91 Å². The third-order valence-electron chi connectivity index (χ3n) is 3.27. The third kappa shape index (κ3) is 2.74. The average Bonchev–Trinajstić information content (AvgIpc) is 2.86. The highest BCUT2D eigenvalue weighted by Gasteiger charge is 2.18. The summed E-state index contributed by atoms with van der Waals surface area (Å²) in [5, 5.41) is 2.97. The largest absolute Gasteiger partial charge is 0.321 e. The summed E-state index contributed by atoms with van der Waals surface area (Å²) in [7, 11) is 0. The first-order valence-electron chi connectivity index (χ1n) is 6.32. The van der Waals surface area contributed by atoms with E-state index in [1.807, 2.05) is 31.2 Å². The molecule has 0 aliphatic heterocycles. The van der Waals surface area contributed by atoms with E-state index in [1.54, 1.807) is 11.3 Å². The molecule has 3 rings (SSSR count). The number of hydrogen-bond donors (Lipinski definition) is 1. The van der Waals surface area contributed by atoms with Crippen molar-refractivity contribution in [3.63, 3.8) is 0 Å². The summed E-state index contributed by atoms with van der Waals surface area (Å²) in [6.07, 6.45) is 3.48. The molecule has 0 spiro atoms. The van der Waals surface area contributed by atoms with Gasteiger partial charge >= 0.3 is 0 Å². The van der Waals surface area contributed by atoms with Gasteiger partial charge in [-0.25, -0.2) is 0 Å². The molecule has 1 aromatic carbocycles. The zero-order valence-corrected chi connectivity index (χ0v) is 13.0. The van der Waals surface area contributed by atoms with Crippen molar-refractivity contribution in [3.05, 3.63) is 49.6 Å². The second kappa shape index (κ2) is 5.10. The van der Waals surface area contributed by atoms with E-state index in [0.29, 0.717) is 0 Å². The van der Waals surface area contributed by atoms with E-state index in [4.69, 9.17) is 0 Å². The number of amides is 1. The van der Waals surface area contributed by atoms with Crippen LogP contribution in [0.3, 0.4) is 0 Å². The molecule has 0 saturated carbocycles. The highest BCUT2D eigenvalue weighted by atomic mass is 79.9. The van der Waals surface area contributed by atoms with Crippen LogP contribution in [0.4, 0.5) is 5.69 Å². The van der Waals surface area contributed by atoms with Gasteiger partial charge in [-0.2, -0.15) is 0 Å². The van der Waals surface area contributed by atoms with E-state index >= 15 is 0 Å². The van der Waals surface area contributed by atoms with Gasteiger partial charge in [0.2, 0.25) is 0 Å². The molecule has 1 amide bonds. The van der Waals surface area contributed by atoms with Crippen LogP contribution in [0.1, 0.15) is 32.1 Å². The highest BCUT2D eigenvalue weighted by Crippen LogP contribution is 2.31. The zero-order chi connectivity index (χ0) is 13.4. The Labute approximate surface area is 125 Å². The average molecular weight is 336 g/mol.